The Morgan fingerprint density at radius 1 is 1.40 bits per heavy atom. The van der Waals surface area contributed by atoms with Crippen LogP contribution < -0.4 is 10.1 Å². The summed E-state index contributed by atoms with van der Waals surface area (Å²) in [6.45, 7) is 0. The Bertz CT molecular complexity index is 412. The Morgan fingerprint density at radius 3 is 2.33 bits per heavy atom. The molecule has 7 heteroatoms. The first-order valence-corrected chi connectivity index (χ1v) is 7.90. The zero-order chi connectivity index (χ0) is 11.5. The van der Waals surface area contributed by atoms with Crippen LogP contribution in [0.1, 0.15) is 0 Å². The van der Waals surface area contributed by atoms with E-state index in [1.54, 1.807) is 0 Å². The van der Waals surface area contributed by atoms with Gasteiger partial charge in [-0.2, -0.15) is 0 Å². The summed E-state index contributed by atoms with van der Waals surface area (Å²) in [4.78, 5) is 3.92. The van der Waals surface area contributed by atoms with Crippen LogP contribution in [0.2, 0.25) is 0 Å². The number of hydrogen-bond acceptors (Lipinski definition) is 2. The van der Waals surface area contributed by atoms with Crippen molar-refractivity contribution in [3.63, 3.8) is 0 Å². The van der Waals surface area contributed by atoms with Gasteiger partial charge in [-0.15, -0.1) is 0 Å². The molecule has 0 aliphatic heterocycles. The summed E-state index contributed by atoms with van der Waals surface area (Å²) in [5.74, 6) is 0.371. The summed E-state index contributed by atoms with van der Waals surface area (Å²) in [5.41, 5.74) is 5.91. The molecule has 0 fully saturated rings. The number of nitrogens with zero attached hydrogens (tertiary/aromatic N) is 1. The van der Waals surface area contributed by atoms with Crippen LogP contribution in [0.25, 0.3) is 0 Å². The molecule has 82 valence electrons. The first-order chi connectivity index (χ1) is 6.93. The van der Waals surface area contributed by atoms with Gasteiger partial charge in [0.15, 0.2) is 0 Å². The number of halogens is 1. The van der Waals surface area contributed by atoms with Gasteiger partial charge in [0.25, 0.3) is 0 Å². The number of amidine groups is 1. The van der Waals surface area contributed by atoms with Gasteiger partial charge < -0.3 is 0 Å². The van der Waals surface area contributed by atoms with Crippen molar-refractivity contribution in [1.82, 2.24) is 0 Å². The fourth-order valence-electron chi connectivity index (χ4n) is 0.917. The quantitative estimate of drug-likeness (QED) is 0.302. The molecular formula is C8H10AsClN2O3. The van der Waals surface area contributed by atoms with Gasteiger partial charge in [0.05, 0.1) is 0 Å². The minimum absolute atomic E-state index is 0.0107. The number of nitrogens with two attached hydrogens (primary N) is 1. The average Bonchev–Trinajstić information content (AvgIpc) is 2.17. The van der Waals surface area contributed by atoms with Crippen LogP contribution in [0.5, 0.6) is 0 Å². The molecule has 1 aromatic rings. The molecule has 0 aromatic heterocycles. The minimum atomic E-state index is -4.79. The number of alkyl halides is 1. The second-order valence-corrected chi connectivity index (χ2v) is 6.43. The first-order valence-electron chi connectivity index (χ1n) is 3.98. The van der Waals surface area contributed by atoms with Gasteiger partial charge in [-0.1, -0.05) is 0 Å². The van der Waals surface area contributed by atoms with Crippen molar-refractivity contribution in [2.24, 2.45) is 10.7 Å². The van der Waals surface area contributed by atoms with Crippen LogP contribution >= 0.6 is 11.6 Å². The normalized spacial score (nSPS) is 12.9. The van der Waals surface area contributed by atoms with Gasteiger partial charge in [-0.25, -0.2) is 0 Å². The molecule has 0 saturated carbocycles. The summed E-state index contributed by atoms with van der Waals surface area (Å²) in [6.07, 6.45) is 0. The Kier molecular flexibility index (Phi) is 3.99. The molecule has 1 rings (SSSR count). The molecule has 0 aliphatic rings. The molecule has 0 atom stereocenters. The van der Waals surface area contributed by atoms with E-state index in [4.69, 9.17) is 25.5 Å². The second kappa shape index (κ2) is 4.85. The van der Waals surface area contributed by atoms with E-state index in [2.05, 4.69) is 4.99 Å². The van der Waals surface area contributed by atoms with Crippen molar-refractivity contribution in [3.05, 3.63) is 24.3 Å². The average molecular weight is 293 g/mol. The Balaban J connectivity index is 2.96. The first kappa shape index (κ1) is 12.3. The summed E-state index contributed by atoms with van der Waals surface area (Å²) in [6, 6.07) is 5.63. The van der Waals surface area contributed by atoms with Crippen LogP contribution in [0.4, 0.5) is 5.69 Å². The number of aliphatic imine (C=N–C) groups is 1. The van der Waals surface area contributed by atoms with Gasteiger partial charge in [-0.05, 0) is 0 Å². The molecule has 0 heterocycles. The SMILES string of the molecule is NC(CCl)=Nc1ccc([As](=O)(O)O)cc1. The molecule has 0 radical (unpaired) electrons. The molecule has 1 aromatic carbocycles. The fourth-order valence-corrected chi connectivity index (χ4v) is 2.10. The molecule has 15 heavy (non-hydrogen) atoms. The third-order valence-corrected chi connectivity index (χ3v) is 3.91. The van der Waals surface area contributed by atoms with Crippen molar-refractivity contribution in [1.29, 1.82) is 0 Å². The molecule has 5 nitrogen and oxygen atoms in total. The van der Waals surface area contributed by atoms with Crippen LogP contribution in [0.3, 0.4) is 0 Å². The van der Waals surface area contributed by atoms with Gasteiger partial charge in [-0.3, -0.25) is 0 Å². The van der Waals surface area contributed by atoms with Gasteiger partial charge >= 0.3 is 94.5 Å². The van der Waals surface area contributed by atoms with E-state index in [-0.39, 0.29) is 16.1 Å². The zero-order valence-electron chi connectivity index (χ0n) is 7.67. The van der Waals surface area contributed by atoms with E-state index in [1.165, 1.54) is 24.3 Å². The molecule has 0 bridgehead atoms. The third-order valence-electron chi connectivity index (χ3n) is 1.60. The van der Waals surface area contributed by atoms with Crippen molar-refractivity contribution < 1.29 is 11.9 Å². The molecular weight excluding hydrogens is 282 g/mol. The van der Waals surface area contributed by atoms with Crippen molar-refractivity contribution in [2.45, 2.75) is 0 Å². The molecule has 0 saturated heterocycles. The van der Waals surface area contributed by atoms with Crippen molar-refractivity contribution >= 4 is 41.6 Å². The maximum absolute atomic E-state index is 10.9. The van der Waals surface area contributed by atoms with Gasteiger partial charge in [0, 0.05) is 0 Å². The second-order valence-electron chi connectivity index (χ2n) is 2.80. The van der Waals surface area contributed by atoms with Gasteiger partial charge in [0.1, 0.15) is 0 Å². The van der Waals surface area contributed by atoms with Crippen LogP contribution in [0, 0.1) is 0 Å². The van der Waals surface area contributed by atoms with E-state index in [0.29, 0.717) is 5.69 Å². The predicted octanol–water partition coefficient (Wildman–Crippen LogP) is -0.525. The van der Waals surface area contributed by atoms with E-state index in [1.807, 2.05) is 0 Å². The molecule has 0 amide bonds. The summed E-state index contributed by atoms with van der Waals surface area (Å²) in [7, 11) is 0. The van der Waals surface area contributed by atoms with E-state index in [9.17, 15) is 3.74 Å². The summed E-state index contributed by atoms with van der Waals surface area (Å²) in [5, 5.41) is 0. The topological polar surface area (TPSA) is 95.9 Å². The number of hydrogen-bond donors (Lipinski definition) is 3. The van der Waals surface area contributed by atoms with E-state index in [0.717, 1.165) is 0 Å². The Hall–Kier alpha value is -0.742. The third kappa shape index (κ3) is 3.72. The predicted molar refractivity (Wildman–Crippen MR) is 59.0 cm³/mol. The fraction of sp³-hybridized carbons (Fsp3) is 0.125. The standard InChI is InChI=1S/C8H10AsClN2O3/c10-5-8(11)12-7-3-1-6(2-4-7)9(13,14)15/h1-4H,5H2,(H2,11,12)(H2,13,14,15). The molecule has 0 spiro atoms. The van der Waals surface area contributed by atoms with Gasteiger partial charge in [0.2, 0.25) is 0 Å². The number of rotatable bonds is 3. The molecule has 4 N–H and O–H groups in total. The Morgan fingerprint density at radius 2 is 1.93 bits per heavy atom. The maximum atomic E-state index is 10.9. The molecule has 0 aliphatic carbocycles. The van der Waals surface area contributed by atoms with Crippen molar-refractivity contribution in [2.75, 3.05) is 5.88 Å². The number of benzene rings is 1. The molecule has 0 unspecified atom stereocenters. The summed E-state index contributed by atoms with van der Waals surface area (Å²) < 4.78 is 28.7. The van der Waals surface area contributed by atoms with Crippen molar-refractivity contribution in [3.8, 4) is 0 Å². The monoisotopic (exact) mass is 292 g/mol. The van der Waals surface area contributed by atoms with Crippen LogP contribution in [0.15, 0.2) is 29.3 Å². The van der Waals surface area contributed by atoms with E-state index >= 15 is 0 Å². The van der Waals surface area contributed by atoms with Crippen LogP contribution in [-0.2, 0) is 3.74 Å². The zero-order valence-corrected chi connectivity index (χ0v) is 10.3. The summed E-state index contributed by atoms with van der Waals surface area (Å²) >= 11 is 0.641. The van der Waals surface area contributed by atoms with E-state index < -0.39 is 14.2 Å². The van der Waals surface area contributed by atoms with Crippen LogP contribution in [-0.4, -0.2) is 34.1 Å². The Labute approximate surface area is 94.6 Å².